The van der Waals surface area contributed by atoms with Crippen LogP contribution in [0.4, 0.5) is 0 Å². The van der Waals surface area contributed by atoms with Crippen molar-refractivity contribution in [2.45, 2.75) is 19.0 Å². The van der Waals surface area contributed by atoms with Gasteiger partial charge in [-0.25, -0.2) is 4.98 Å². The van der Waals surface area contributed by atoms with E-state index in [1.807, 2.05) is 24.0 Å². The van der Waals surface area contributed by atoms with Gasteiger partial charge in [0.25, 0.3) is 0 Å². The number of nitrogens with zero attached hydrogens (tertiary/aromatic N) is 3. The van der Waals surface area contributed by atoms with Crippen molar-refractivity contribution in [1.82, 2.24) is 25.1 Å². The lowest BCUT2D eigenvalue weighted by molar-refractivity contribution is 0.480. The number of H-pyrrole nitrogens is 1. The third kappa shape index (κ3) is 2.15. The molecule has 0 aliphatic carbocycles. The fraction of sp³-hybridized carbons (Fsp3) is 0.250. The average Bonchev–Trinajstić information content (AvgIpc) is 3.15. The summed E-state index contributed by atoms with van der Waals surface area (Å²) in [5.74, 6) is 0.987. The van der Waals surface area contributed by atoms with Crippen LogP contribution in [0.5, 0.6) is 0 Å². The number of rotatable bonds is 2. The van der Waals surface area contributed by atoms with Crippen molar-refractivity contribution in [3.63, 3.8) is 0 Å². The maximum atomic E-state index is 4.55. The van der Waals surface area contributed by atoms with Crippen LogP contribution in [-0.2, 0) is 20.0 Å². The van der Waals surface area contributed by atoms with Crippen molar-refractivity contribution in [2.24, 2.45) is 7.05 Å². The minimum absolute atomic E-state index is 0.238. The Balaban J connectivity index is 1.61. The number of nitrogens with one attached hydrogen (secondary N) is 2. The Morgan fingerprint density at radius 2 is 2.05 bits per heavy atom. The molecule has 2 aromatic heterocycles. The number of aryl methyl sites for hydroxylation is 1. The van der Waals surface area contributed by atoms with Gasteiger partial charge in [-0.05, 0) is 23.6 Å². The normalized spacial score (nSPS) is 17.7. The topological polar surface area (TPSA) is 58.5 Å². The lowest BCUT2D eigenvalue weighted by Crippen LogP contribution is -2.29. The van der Waals surface area contributed by atoms with Crippen LogP contribution in [0, 0.1) is 0 Å². The van der Waals surface area contributed by atoms with Gasteiger partial charge in [-0.1, -0.05) is 24.3 Å². The van der Waals surface area contributed by atoms with Crippen LogP contribution in [0.25, 0.3) is 11.4 Å². The summed E-state index contributed by atoms with van der Waals surface area (Å²) in [6, 6.07) is 10.8. The SMILES string of the molecule is Cn1nccc1-c1cnc(C2Cc3ccccc3CN2)[nH]1. The van der Waals surface area contributed by atoms with Crippen molar-refractivity contribution >= 4 is 0 Å². The van der Waals surface area contributed by atoms with Crippen molar-refractivity contribution < 1.29 is 0 Å². The molecule has 2 N–H and O–H groups in total. The van der Waals surface area contributed by atoms with E-state index in [1.54, 1.807) is 6.20 Å². The van der Waals surface area contributed by atoms with Crippen molar-refractivity contribution in [3.8, 4) is 11.4 Å². The number of aromatic amines is 1. The maximum Gasteiger partial charge on any atom is 0.124 e. The highest BCUT2D eigenvalue weighted by molar-refractivity contribution is 5.53. The first-order chi connectivity index (χ1) is 10.3. The molecule has 1 aromatic carbocycles. The molecule has 0 fully saturated rings. The molecule has 0 radical (unpaired) electrons. The van der Waals surface area contributed by atoms with Gasteiger partial charge in [0.1, 0.15) is 5.82 Å². The first-order valence-electron chi connectivity index (χ1n) is 7.15. The van der Waals surface area contributed by atoms with Gasteiger partial charge in [-0.2, -0.15) is 5.10 Å². The second-order valence-electron chi connectivity index (χ2n) is 5.43. The molecule has 0 bridgehead atoms. The molecule has 1 aliphatic heterocycles. The Bertz CT molecular complexity index is 770. The van der Waals surface area contributed by atoms with Gasteiger partial charge in [-0.3, -0.25) is 4.68 Å². The van der Waals surface area contributed by atoms with Crippen LogP contribution < -0.4 is 5.32 Å². The number of aromatic nitrogens is 4. The van der Waals surface area contributed by atoms with Crippen LogP contribution in [0.1, 0.15) is 23.0 Å². The Hall–Kier alpha value is -2.40. The van der Waals surface area contributed by atoms with Gasteiger partial charge in [0.05, 0.1) is 23.6 Å². The average molecular weight is 279 g/mol. The summed E-state index contributed by atoms with van der Waals surface area (Å²) in [6.45, 7) is 0.891. The smallest absolute Gasteiger partial charge is 0.124 e. The second kappa shape index (κ2) is 4.86. The zero-order valence-corrected chi connectivity index (χ0v) is 11.9. The fourth-order valence-corrected chi connectivity index (χ4v) is 2.93. The predicted molar refractivity (Wildman–Crippen MR) is 80.5 cm³/mol. The highest BCUT2D eigenvalue weighted by Gasteiger charge is 2.21. The highest BCUT2D eigenvalue weighted by Crippen LogP contribution is 2.25. The Kier molecular flexibility index (Phi) is 2.86. The summed E-state index contributed by atoms with van der Waals surface area (Å²) < 4.78 is 1.85. The molecule has 3 heterocycles. The predicted octanol–water partition coefficient (Wildman–Crippen LogP) is 2.20. The molecule has 21 heavy (non-hydrogen) atoms. The fourth-order valence-electron chi connectivity index (χ4n) is 2.93. The van der Waals surface area contributed by atoms with Crippen LogP contribution >= 0.6 is 0 Å². The minimum atomic E-state index is 0.238. The third-order valence-electron chi connectivity index (χ3n) is 4.10. The molecule has 3 aromatic rings. The van der Waals surface area contributed by atoms with Crippen molar-refractivity contribution in [2.75, 3.05) is 0 Å². The zero-order valence-electron chi connectivity index (χ0n) is 11.9. The van der Waals surface area contributed by atoms with E-state index >= 15 is 0 Å². The first-order valence-corrected chi connectivity index (χ1v) is 7.15. The Labute approximate surface area is 123 Å². The number of benzene rings is 1. The van der Waals surface area contributed by atoms with E-state index in [4.69, 9.17) is 0 Å². The number of fused-ring (bicyclic) bond motifs is 1. The van der Waals surface area contributed by atoms with E-state index in [1.165, 1.54) is 11.1 Å². The van der Waals surface area contributed by atoms with Crippen molar-refractivity contribution in [1.29, 1.82) is 0 Å². The summed E-state index contributed by atoms with van der Waals surface area (Å²) in [6.07, 6.45) is 4.65. The lowest BCUT2D eigenvalue weighted by Gasteiger charge is -2.24. The third-order valence-corrected chi connectivity index (χ3v) is 4.10. The van der Waals surface area contributed by atoms with Gasteiger partial charge in [-0.15, -0.1) is 0 Å². The molecule has 106 valence electrons. The largest absolute Gasteiger partial charge is 0.339 e. The monoisotopic (exact) mass is 279 g/mol. The molecular formula is C16H17N5. The molecule has 5 heteroatoms. The highest BCUT2D eigenvalue weighted by atomic mass is 15.3. The summed E-state index contributed by atoms with van der Waals surface area (Å²) in [5.41, 5.74) is 4.84. The molecule has 4 rings (SSSR count). The second-order valence-corrected chi connectivity index (χ2v) is 5.43. The molecule has 0 spiro atoms. The standard InChI is InChI=1S/C16H17N5/c1-21-15(6-7-19-21)14-10-18-16(20-14)13-8-11-4-2-3-5-12(11)9-17-13/h2-7,10,13,17H,8-9H2,1H3,(H,18,20). The minimum Gasteiger partial charge on any atom is -0.339 e. The molecular weight excluding hydrogens is 262 g/mol. The van der Waals surface area contributed by atoms with Gasteiger partial charge < -0.3 is 10.3 Å². The van der Waals surface area contributed by atoms with Crippen molar-refractivity contribution in [3.05, 3.63) is 59.7 Å². The molecule has 1 aliphatic rings. The lowest BCUT2D eigenvalue weighted by atomic mass is 9.96. The molecule has 1 atom stereocenters. The molecule has 0 amide bonds. The van der Waals surface area contributed by atoms with Crippen LogP contribution in [0.3, 0.4) is 0 Å². The van der Waals surface area contributed by atoms with Crippen LogP contribution in [0.2, 0.25) is 0 Å². The molecule has 0 saturated carbocycles. The van der Waals surface area contributed by atoms with Crippen LogP contribution in [-0.4, -0.2) is 19.7 Å². The van der Waals surface area contributed by atoms with Crippen LogP contribution in [0.15, 0.2) is 42.7 Å². The number of hydrogen-bond donors (Lipinski definition) is 2. The van der Waals surface area contributed by atoms with Gasteiger partial charge >= 0.3 is 0 Å². The van der Waals surface area contributed by atoms with E-state index in [0.717, 1.165) is 30.2 Å². The van der Waals surface area contributed by atoms with E-state index in [0.29, 0.717) is 0 Å². The number of hydrogen-bond acceptors (Lipinski definition) is 3. The summed E-state index contributed by atoms with van der Waals surface area (Å²) >= 11 is 0. The quantitative estimate of drug-likeness (QED) is 0.756. The summed E-state index contributed by atoms with van der Waals surface area (Å²) in [5, 5.41) is 7.75. The van der Waals surface area contributed by atoms with E-state index in [-0.39, 0.29) is 6.04 Å². The van der Waals surface area contributed by atoms with E-state index in [2.05, 4.69) is 44.6 Å². The maximum absolute atomic E-state index is 4.55. The molecule has 5 nitrogen and oxygen atoms in total. The van der Waals surface area contributed by atoms with Gasteiger partial charge in [0.15, 0.2) is 0 Å². The Morgan fingerprint density at radius 3 is 2.86 bits per heavy atom. The summed E-state index contributed by atoms with van der Waals surface area (Å²) in [7, 11) is 1.94. The van der Waals surface area contributed by atoms with E-state index < -0.39 is 0 Å². The zero-order chi connectivity index (χ0) is 14.2. The first kappa shape index (κ1) is 12.3. The van der Waals surface area contributed by atoms with Gasteiger partial charge in [0, 0.05) is 19.8 Å². The number of imidazole rings is 1. The Morgan fingerprint density at radius 1 is 1.19 bits per heavy atom. The molecule has 1 unspecified atom stereocenters. The van der Waals surface area contributed by atoms with Gasteiger partial charge in [0.2, 0.25) is 0 Å². The van der Waals surface area contributed by atoms with E-state index in [9.17, 15) is 0 Å². The summed E-state index contributed by atoms with van der Waals surface area (Å²) in [4.78, 5) is 7.97. The molecule has 0 saturated heterocycles.